The summed E-state index contributed by atoms with van der Waals surface area (Å²) in [5.41, 5.74) is 0. The second-order valence-corrected chi connectivity index (χ2v) is 6.21. The first-order chi connectivity index (χ1) is 9.31. The summed E-state index contributed by atoms with van der Waals surface area (Å²) in [7, 11) is -3.23. The Morgan fingerprint density at radius 3 is 2.70 bits per heavy atom. The maximum Gasteiger partial charge on any atom is 0.328 e. The van der Waals surface area contributed by atoms with Crippen molar-refractivity contribution in [2.45, 2.75) is 12.5 Å². The SMILES string of the molecule is CS(=O)(=O)NCCCNC(=O)N1CCOCC1C(=O)O. The molecule has 1 fully saturated rings. The van der Waals surface area contributed by atoms with Crippen molar-refractivity contribution in [2.24, 2.45) is 0 Å². The van der Waals surface area contributed by atoms with Gasteiger partial charge in [0.2, 0.25) is 10.0 Å². The highest BCUT2D eigenvalue weighted by atomic mass is 32.2. The molecule has 3 N–H and O–H groups in total. The van der Waals surface area contributed by atoms with Gasteiger partial charge in [0.1, 0.15) is 0 Å². The van der Waals surface area contributed by atoms with Crippen LogP contribution in [0, 0.1) is 0 Å². The Bertz CT molecular complexity index is 452. The van der Waals surface area contributed by atoms with E-state index in [9.17, 15) is 18.0 Å². The zero-order valence-electron chi connectivity index (χ0n) is 11.2. The predicted octanol–water partition coefficient (Wildman–Crippen LogP) is -1.58. The van der Waals surface area contributed by atoms with Crippen molar-refractivity contribution < 1.29 is 27.9 Å². The second kappa shape index (κ2) is 7.41. The summed E-state index contributed by atoms with van der Waals surface area (Å²) in [6.45, 7) is 0.950. The maximum atomic E-state index is 11.8. The van der Waals surface area contributed by atoms with Gasteiger partial charge < -0.3 is 20.1 Å². The molecule has 1 saturated heterocycles. The fraction of sp³-hybridized carbons (Fsp3) is 0.800. The number of aliphatic carboxylic acids is 1. The summed E-state index contributed by atoms with van der Waals surface area (Å²) in [6.07, 6.45) is 1.47. The van der Waals surface area contributed by atoms with Gasteiger partial charge in [0.15, 0.2) is 6.04 Å². The van der Waals surface area contributed by atoms with Crippen molar-refractivity contribution in [3.05, 3.63) is 0 Å². The van der Waals surface area contributed by atoms with Crippen LogP contribution in [0.1, 0.15) is 6.42 Å². The van der Waals surface area contributed by atoms with Crippen LogP contribution < -0.4 is 10.0 Å². The van der Waals surface area contributed by atoms with Crippen LogP contribution in [0.2, 0.25) is 0 Å². The number of carboxylic acids is 1. The molecular formula is C10H19N3O6S. The molecule has 1 atom stereocenters. The molecule has 0 aromatic heterocycles. The summed E-state index contributed by atoms with van der Waals surface area (Å²) in [5, 5.41) is 11.5. The number of rotatable bonds is 6. The number of morpholine rings is 1. The number of hydrogen-bond acceptors (Lipinski definition) is 5. The van der Waals surface area contributed by atoms with Gasteiger partial charge in [0.25, 0.3) is 0 Å². The number of carbonyl (C=O) groups is 2. The van der Waals surface area contributed by atoms with Gasteiger partial charge in [0.05, 0.1) is 19.5 Å². The molecule has 20 heavy (non-hydrogen) atoms. The van der Waals surface area contributed by atoms with E-state index in [4.69, 9.17) is 9.84 Å². The molecule has 1 unspecified atom stereocenters. The third-order valence-electron chi connectivity index (χ3n) is 2.67. The Hall–Kier alpha value is -1.39. The molecule has 0 saturated carbocycles. The average molecular weight is 309 g/mol. The number of nitrogens with one attached hydrogen (secondary N) is 2. The van der Waals surface area contributed by atoms with Crippen molar-refractivity contribution in [2.75, 3.05) is 39.1 Å². The van der Waals surface area contributed by atoms with E-state index < -0.39 is 28.1 Å². The van der Waals surface area contributed by atoms with Gasteiger partial charge in [-0.2, -0.15) is 0 Å². The van der Waals surface area contributed by atoms with E-state index in [1.54, 1.807) is 0 Å². The van der Waals surface area contributed by atoms with E-state index in [2.05, 4.69) is 10.0 Å². The standard InChI is InChI=1S/C10H19N3O6S/c1-20(17,18)12-4-2-3-11-10(16)13-5-6-19-7-8(13)9(14)15/h8,12H,2-7H2,1H3,(H,11,16)(H,14,15). The number of ether oxygens (including phenoxy) is 1. The van der Waals surface area contributed by atoms with Crippen molar-refractivity contribution in [1.82, 2.24) is 14.9 Å². The number of amides is 2. The molecule has 9 nitrogen and oxygen atoms in total. The molecular weight excluding hydrogens is 290 g/mol. The molecule has 0 radical (unpaired) electrons. The molecule has 1 heterocycles. The lowest BCUT2D eigenvalue weighted by Gasteiger charge is -2.32. The van der Waals surface area contributed by atoms with Crippen LogP contribution in [0.15, 0.2) is 0 Å². The highest BCUT2D eigenvalue weighted by molar-refractivity contribution is 7.88. The minimum atomic E-state index is -3.23. The number of carbonyl (C=O) groups excluding carboxylic acids is 1. The van der Waals surface area contributed by atoms with E-state index in [-0.39, 0.29) is 26.2 Å². The van der Waals surface area contributed by atoms with Gasteiger partial charge in [-0.25, -0.2) is 22.7 Å². The van der Waals surface area contributed by atoms with E-state index in [0.29, 0.717) is 13.0 Å². The predicted molar refractivity (Wildman–Crippen MR) is 69.8 cm³/mol. The average Bonchev–Trinajstić information content (AvgIpc) is 2.36. The zero-order valence-corrected chi connectivity index (χ0v) is 12.0. The van der Waals surface area contributed by atoms with Gasteiger partial charge in [-0.3, -0.25) is 0 Å². The van der Waals surface area contributed by atoms with Crippen LogP contribution in [0.5, 0.6) is 0 Å². The molecule has 1 aliphatic heterocycles. The first-order valence-electron chi connectivity index (χ1n) is 6.11. The van der Waals surface area contributed by atoms with E-state index in [1.807, 2.05) is 0 Å². The van der Waals surface area contributed by atoms with Gasteiger partial charge in [-0.15, -0.1) is 0 Å². The Balaban J connectivity index is 2.32. The Morgan fingerprint density at radius 2 is 2.10 bits per heavy atom. The molecule has 1 aliphatic rings. The lowest BCUT2D eigenvalue weighted by atomic mass is 10.2. The number of carboxylic acid groups (broad SMARTS) is 1. The molecule has 10 heteroatoms. The molecule has 0 bridgehead atoms. The molecule has 0 aromatic carbocycles. The normalized spacial score (nSPS) is 19.6. The van der Waals surface area contributed by atoms with Crippen LogP contribution >= 0.6 is 0 Å². The number of urea groups is 1. The zero-order chi connectivity index (χ0) is 15.2. The van der Waals surface area contributed by atoms with Crippen LogP contribution in [0.25, 0.3) is 0 Å². The highest BCUT2D eigenvalue weighted by Crippen LogP contribution is 2.07. The van der Waals surface area contributed by atoms with Gasteiger partial charge in [0, 0.05) is 19.6 Å². The molecule has 0 aliphatic carbocycles. The second-order valence-electron chi connectivity index (χ2n) is 4.37. The topological polar surface area (TPSA) is 125 Å². The van der Waals surface area contributed by atoms with Crippen LogP contribution in [0.4, 0.5) is 4.79 Å². The minimum absolute atomic E-state index is 0.0294. The number of sulfonamides is 1. The smallest absolute Gasteiger partial charge is 0.328 e. The maximum absolute atomic E-state index is 11.8. The van der Waals surface area contributed by atoms with E-state index in [1.165, 1.54) is 4.90 Å². The van der Waals surface area contributed by atoms with Crippen LogP contribution in [0.3, 0.4) is 0 Å². The van der Waals surface area contributed by atoms with Crippen molar-refractivity contribution in [3.8, 4) is 0 Å². The molecule has 2 amide bonds. The summed E-state index contributed by atoms with van der Waals surface area (Å²) in [6, 6.07) is -1.47. The molecule has 116 valence electrons. The Morgan fingerprint density at radius 1 is 1.40 bits per heavy atom. The summed E-state index contributed by atoms with van der Waals surface area (Å²) in [5.74, 6) is -1.11. The third kappa shape index (κ3) is 5.72. The van der Waals surface area contributed by atoms with Crippen molar-refractivity contribution in [3.63, 3.8) is 0 Å². The Kier molecular flexibility index (Phi) is 6.17. The monoisotopic (exact) mass is 309 g/mol. The summed E-state index contributed by atoms with van der Waals surface area (Å²) >= 11 is 0. The number of nitrogens with zero attached hydrogens (tertiary/aromatic N) is 1. The minimum Gasteiger partial charge on any atom is -0.480 e. The van der Waals surface area contributed by atoms with Gasteiger partial charge in [-0.1, -0.05) is 0 Å². The highest BCUT2D eigenvalue weighted by Gasteiger charge is 2.32. The summed E-state index contributed by atoms with van der Waals surface area (Å²) in [4.78, 5) is 24.0. The van der Waals surface area contributed by atoms with E-state index >= 15 is 0 Å². The van der Waals surface area contributed by atoms with Crippen LogP contribution in [-0.4, -0.2) is 75.6 Å². The first kappa shape index (κ1) is 16.7. The van der Waals surface area contributed by atoms with Gasteiger partial charge in [-0.05, 0) is 6.42 Å². The molecule has 0 spiro atoms. The fourth-order valence-electron chi connectivity index (χ4n) is 1.69. The third-order valence-corrected chi connectivity index (χ3v) is 3.40. The van der Waals surface area contributed by atoms with Gasteiger partial charge >= 0.3 is 12.0 Å². The Labute approximate surface area is 117 Å². The quantitative estimate of drug-likeness (QED) is 0.509. The van der Waals surface area contributed by atoms with Crippen molar-refractivity contribution in [1.29, 1.82) is 0 Å². The van der Waals surface area contributed by atoms with Crippen LogP contribution in [-0.2, 0) is 19.6 Å². The molecule has 1 rings (SSSR count). The largest absolute Gasteiger partial charge is 0.480 e. The first-order valence-corrected chi connectivity index (χ1v) is 8.00. The lowest BCUT2D eigenvalue weighted by Crippen LogP contribution is -2.55. The summed E-state index contributed by atoms with van der Waals surface area (Å²) < 4.78 is 28.9. The lowest BCUT2D eigenvalue weighted by molar-refractivity contribution is -0.147. The van der Waals surface area contributed by atoms with Crippen molar-refractivity contribution >= 4 is 22.0 Å². The fourth-order valence-corrected chi connectivity index (χ4v) is 2.21. The number of hydrogen-bond donors (Lipinski definition) is 3. The van der Waals surface area contributed by atoms with E-state index in [0.717, 1.165) is 6.26 Å². The molecule has 0 aromatic rings.